The molecule has 4 nitrogen and oxygen atoms in total. The van der Waals surface area contributed by atoms with Gasteiger partial charge in [0.2, 0.25) is 5.28 Å². The third kappa shape index (κ3) is 2.90. The van der Waals surface area contributed by atoms with Crippen molar-refractivity contribution >= 4 is 46.4 Å². The first-order chi connectivity index (χ1) is 8.58. The molecular formula is C11H6Cl3N3O. The fourth-order valence-corrected chi connectivity index (χ4v) is 1.82. The molecule has 1 aromatic heterocycles. The molecule has 0 saturated heterocycles. The fourth-order valence-electron chi connectivity index (χ4n) is 1.23. The first-order valence-electron chi connectivity index (χ1n) is 4.81. The summed E-state index contributed by atoms with van der Waals surface area (Å²) >= 11 is 17.4. The van der Waals surface area contributed by atoms with Gasteiger partial charge in [-0.25, -0.2) is 9.97 Å². The highest BCUT2D eigenvalue weighted by Gasteiger charge is 2.12. The summed E-state index contributed by atoms with van der Waals surface area (Å²) in [7, 11) is 0. The first-order valence-corrected chi connectivity index (χ1v) is 5.94. The van der Waals surface area contributed by atoms with Crippen LogP contribution in [0.3, 0.4) is 0 Å². The molecule has 92 valence electrons. The SMILES string of the molecule is O=C(Nc1c(Cl)cccc1Cl)c1cnc(Cl)nc1. The third-order valence-electron chi connectivity index (χ3n) is 2.08. The predicted molar refractivity (Wildman–Crippen MR) is 71.5 cm³/mol. The summed E-state index contributed by atoms with van der Waals surface area (Å²) in [6.07, 6.45) is 2.63. The lowest BCUT2D eigenvalue weighted by Crippen LogP contribution is -2.13. The number of benzene rings is 1. The van der Waals surface area contributed by atoms with Crippen LogP contribution in [0.4, 0.5) is 5.69 Å². The third-order valence-corrected chi connectivity index (χ3v) is 2.91. The van der Waals surface area contributed by atoms with Crippen molar-refractivity contribution in [2.75, 3.05) is 5.32 Å². The van der Waals surface area contributed by atoms with Crippen molar-refractivity contribution in [3.8, 4) is 0 Å². The van der Waals surface area contributed by atoms with Gasteiger partial charge < -0.3 is 5.32 Å². The van der Waals surface area contributed by atoms with Gasteiger partial charge in [-0.15, -0.1) is 0 Å². The minimum absolute atomic E-state index is 0.0716. The lowest BCUT2D eigenvalue weighted by Gasteiger charge is -2.08. The Bertz CT molecular complexity index is 566. The summed E-state index contributed by atoms with van der Waals surface area (Å²) in [6.45, 7) is 0. The standard InChI is InChI=1S/C11H6Cl3N3O/c12-7-2-1-3-8(13)9(7)17-10(18)6-4-15-11(14)16-5-6/h1-5H,(H,17,18). The molecule has 0 fully saturated rings. The number of rotatable bonds is 2. The van der Waals surface area contributed by atoms with E-state index in [1.165, 1.54) is 12.4 Å². The molecule has 1 heterocycles. The number of para-hydroxylation sites is 1. The van der Waals surface area contributed by atoms with E-state index in [-0.39, 0.29) is 10.8 Å². The van der Waals surface area contributed by atoms with Crippen LogP contribution < -0.4 is 5.32 Å². The Kier molecular flexibility index (Phi) is 4.01. The molecule has 2 aromatic rings. The van der Waals surface area contributed by atoms with E-state index in [0.717, 1.165) is 0 Å². The van der Waals surface area contributed by atoms with Gasteiger partial charge in [0, 0.05) is 12.4 Å². The number of carbonyl (C=O) groups is 1. The smallest absolute Gasteiger partial charge is 0.258 e. The number of carbonyl (C=O) groups excluding carboxylic acids is 1. The van der Waals surface area contributed by atoms with Crippen molar-refractivity contribution in [1.82, 2.24) is 9.97 Å². The molecule has 0 saturated carbocycles. The fraction of sp³-hybridized carbons (Fsp3) is 0. The zero-order valence-corrected chi connectivity index (χ0v) is 11.1. The first kappa shape index (κ1) is 13.1. The van der Waals surface area contributed by atoms with Gasteiger partial charge in [0.05, 0.1) is 21.3 Å². The van der Waals surface area contributed by atoms with Crippen molar-refractivity contribution in [2.24, 2.45) is 0 Å². The zero-order valence-electron chi connectivity index (χ0n) is 8.82. The summed E-state index contributed by atoms with van der Waals surface area (Å²) in [5, 5.41) is 3.36. The number of nitrogens with zero attached hydrogens (tertiary/aromatic N) is 2. The molecule has 0 bridgehead atoms. The normalized spacial score (nSPS) is 10.2. The molecule has 0 aliphatic rings. The Hall–Kier alpha value is -1.36. The Balaban J connectivity index is 2.24. The Morgan fingerprint density at radius 1 is 1.06 bits per heavy atom. The second kappa shape index (κ2) is 5.52. The molecule has 0 radical (unpaired) electrons. The van der Waals surface area contributed by atoms with Crippen LogP contribution in [-0.4, -0.2) is 15.9 Å². The van der Waals surface area contributed by atoms with Gasteiger partial charge in [0.15, 0.2) is 0 Å². The molecule has 0 atom stereocenters. The van der Waals surface area contributed by atoms with E-state index in [4.69, 9.17) is 34.8 Å². The quantitative estimate of drug-likeness (QED) is 0.861. The van der Waals surface area contributed by atoms with E-state index >= 15 is 0 Å². The van der Waals surface area contributed by atoms with Crippen molar-refractivity contribution in [3.05, 3.63) is 51.5 Å². The maximum absolute atomic E-state index is 11.9. The van der Waals surface area contributed by atoms with Crippen LogP contribution in [0, 0.1) is 0 Å². The van der Waals surface area contributed by atoms with Crippen LogP contribution in [0.15, 0.2) is 30.6 Å². The molecule has 1 N–H and O–H groups in total. The number of aromatic nitrogens is 2. The topological polar surface area (TPSA) is 54.9 Å². The minimum atomic E-state index is -0.415. The lowest BCUT2D eigenvalue weighted by molar-refractivity contribution is 0.102. The van der Waals surface area contributed by atoms with E-state index in [0.29, 0.717) is 15.7 Å². The van der Waals surface area contributed by atoms with Gasteiger partial charge in [-0.2, -0.15) is 0 Å². The summed E-state index contributed by atoms with van der Waals surface area (Å²) < 4.78 is 0. The van der Waals surface area contributed by atoms with Gasteiger partial charge in [0.25, 0.3) is 5.91 Å². The highest BCUT2D eigenvalue weighted by Crippen LogP contribution is 2.30. The number of anilines is 1. The van der Waals surface area contributed by atoms with Gasteiger partial charge in [-0.3, -0.25) is 4.79 Å². The van der Waals surface area contributed by atoms with E-state index in [1.54, 1.807) is 18.2 Å². The van der Waals surface area contributed by atoms with Crippen molar-refractivity contribution in [1.29, 1.82) is 0 Å². The van der Waals surface area contributed by atoms with Gasteiger partial charge in [0.1, 0.15) is 0 Å². The van der Waals surface area contributed by atoms with Gasteiger partial charge in [-0.1, -0.05) is 29.3 Å². The average molecular weight is 303 g/mol. The van der Waals surface area contributed by atoms with E-state index < -0.39 is 5.91 Å². The van der Waals surface area contributed by atoms with Gasteiger partial charge in [-0.05, 0) is 23.7 Å². The van der Waals surface area contributed by atoms with Crippen LogP contribution in [0.5, 0.6) is 0 Å². The van der Waals surface area contributed by atoms with E-state index in [9.17, 15) is 4.79 Å². The number of halogens is 3. The highest BCUT2D eigenvalue weighted by atomic mass is 35.5. The average Bonchev–Trinajstić information content (AvgIpc) is 2.34. The van der Waals surface area contributed by atoms with Crippen molar-refractivity contribution in [3.63, 3.8) is 0 Å². The number of hydrogen-bond donors (Lipinski definition) is 1. The molecule has 0 aliphatic carbocycles. The summed E-state index contributed by atoms with van der Waals surface area (Å²) in [6, 6.07) is 4.94. The number of hydrogen-bond acceptors (Lipinski definition) is 3. The molecule has 1 aromatic carbocycles. The van der Waals surface area contributed by atoms with Crippen LogP contribution in [0.25, 0.3) is 0 Å². The summed E-state index contributed by atoms with van der Waals surface area (Å²) in [5.41, 5.74) is 0.608. The van der Waals surface area contributed by atoms with Crippen LogP contribution >= 0.6 is 34.8 Å². The van der Waals surface area contributed by atoms with Crippen LogP contribution in [-0.2, 0) is 0 Å². The van der Waals surface area contributed by atoms with E-state index in [2.05, 4.69) is 15.3 Å². The number of amides is 1. The molecule has 0 spiro atoms. The molecule has 18 heavy (non-hydrogen) atoms. The van der Waals surface area contributed by atoms with Gasteiger partial charge >= 0.3 is 0 Å². The highest BCUT2D eigenvalue weighted by molar-refractivity contribution is 6.40. The molecule has 1 amide bonds. The van der Waals surface area contributed by atoms with Crippen molar-refractivity contribution in [2.45, 2.75) is 0 Å². The van der Waals surface area contributed by atoms with Crippen molar-refractivity contribution < 1.29 is 4.79 Å². The molecule has 0 unspecified atom stereocenters. The Labute approximate surface area is 118 Å². The maximum Gasteiger partial charge on any atom is 0.258 e. The Morgan fingerprint density at radius 2 is 1.61 bits per heavy atom. The maximum atomic E-state index is 11.9. The van der Waals surface area contributed by atoms with Crippen LogP contribution in [0.1, 0.15) is 10.4 Å². The minimum Gasteiger partial charge on any atom is -0.319 e. The predicted octanol–water partition coefficient (Wildman–Crippen LogP) is 3.69. The molecule has 2 rings (SSSR count). The molecular weight excluding hydrogens is 296 g/mol. The lowest BCUT2D eigenvalue weighted by atomic mass is 10.2. The second-order valence-electron chi connectivity index (χ2n) is 3.29. The molecule has 7 heteroatoms. The largest absolute Gasteiger partial charge is 0.319 e. The molecule has 0 aliphatic heterocycles. The summed E-state index contributed by atoms with van der Waals surface area (Å²) in [5.74, 6) is -0.415. The second-order valence-corrected chi connectivity index (χ2v) is 4.44. The summed E-state index contributed by atoms with van der Waals surface area (Å²) in [4.78, 5) is 19.3. The zero-order chi connectivity index (χ0) is 13.1. The monoisotopic (exact) mass is 301 g/mol. The van der Waals surface area contributed by atoms with Crippen LogP contribution in [0.2, 0.25) is 15.3 Å². The number of nitrogens with one attached hydrogen (secondary N) is 1. The Morgan fingerprint density at radius 3 is 2.17 bits per heavy atom. The van der Waals surface area contributed by atoms with E-state index in [1.807, 2.05) is 0 Å².